The third kappa shape index (κ3) is 4.55. The number of nitrogens with zero attached hydrogens (tertiary/aromatic N) is 3. The Balaban J connectivity index is 1.33. The normalized spacial score (nSPS) is 15.6. The number of hydrogen-bond donors (Lipinski definition) is 2. The summed E-state index contributed by atoms with van der Waals surface area (Å²) in [6.07, 6.45) is 4.39. The van der Waals surface area contributed by atoms with Crippen molar-refractivity contribution < 1.29 is 9.53 Å². The monoisotopic (exact) mass is 377 g/mol. The molecule has 3 heterocycles. The number of ether oxygens (including phenoxy) is 1. The van der Waals surface area contributed by atoms with Crippen molar-refractivity contribution in [3.63, 3.8) is 0 Å². The summed E-state index contributed by atoms with van der Waals surface area (Å²) < 4.78 is 7.80. The van der Waals surface area contributed by atoms with Gasteiger partial charge in [-0.3, -0.25) is 9.67 Å². The molecule has 0 spiro atoms. The molecule has 0 fully saturated rings. The lowest BCUT2D eigenvalue weighted by molar-refractivity contribution is 0.0411. The van der Waals surface area contributed by atoms with E-state index >= 15 is 0 Å². The van der Waals surface area contributed by atoms with Crippen molar-refractivity contribution in [2.24, 2.45) is 0 Å². The van der Waals surface area contributed by atoms with Crippen LogP contribution in [0.15, 0.2) is 60.9 Å². The molecule has 2 amide bonds. The predicted molar refractivity (Wildman–Crippen MR) is 105 cm³/mol. The molecule has 0 aliphatic carbocycles. The molecule has 3 aromatic rings. The Morgan fingerprint density at radius 2 is 2.00 bits per heavy atom. The van der Waals surface area contributed by atoms with Crippen molar-refractivity contribution in [1.29, 1.82) is 0 Å². The molecule has 0 bridgehead atoms. The number of aromatic nitrogens is 3. The fourth-order valence-corrected chi connectivity index (χ4v) is 3.26. The van der Waals surface area contributed by atoms with Gasteiger partial charge in [0, 0.05) is 12.4 Å². The van der Waals surface area contributed by atoms with Crippen molar-refractivity contribution >= 4 is 6.03 Å². The van der Waals surface area contributed by atoms with Gasteiger partial charge in [-0.2, -0.15) is 5.10 Å². The van der Waals surface area contributed by atoms with Crippen molar-refractivity contribution in [2.45, 2.75) is 25.6 Å². The van der Waals surface area contributed by atoms with E-state index in [1.807, 2.05) is 41.1 Å². The van der Waals surface area contributed by atoms with Crippen LogP contribution in [0.5, 0.6) is 0 Å². The summed E-state index contributed by atoms with van der Waals surface area (Å²) in [5, 5.41) is 10.4. The van der Waals surface area contributed by atoms with Gasteiger partial charge >= 0.3 is 6.03 Å². The Morgan fingerprint density at radius 1 is 1.14 bits per heavy atom. The lowest BCUT2D eigenvalue weighted by atomic mass is 10.1. The Morgan fingerprint density at radius 3 is 2.82 bits per heavy atom. The van der Waals surface area contributed by atoms with Crippen LogP contribution in [0, 0.1) is 0 Å². The zero-order valence-electron chi connectivity index (χ0n) is 15.5. The first-order valence-electron chi connectivity index (χ1n) is 9.41. The topological polar surface area (TPSA) is 81.1 Å². The van der Waals surface area contributed by atoms with Gasteiger partial charge in [0.25, 0.3) is 0 Å². The van der Waals surface area contributed by atoms with Crippen molar-refractivity contribution in [3.8, 4) is 0 Å². The minimum Gasteiger partial charge on any atom is -0.370 e. The zero-order chi connectivity index (χ0) is 19.2. The number of carbonyl (C=O) groups excluding carboxylic acids is 1. The van der Waals surface area contributed by atoms with Gasteiger partial charge in [0.15, 0.2) is 0 Å². The van der Waals surface area contributed by atoms with Crippen LogP contribution in [0.25, 0.3) is 0 Å². The third-order valence-electron chi connectivity index (χ3n) is 4.66. The number of rotatable bonds is 6. The maximum atomic E-state index is 12.1. The lowest BCUT2D eigenvalue weighted by Gasteiger charge is -2.22. The Bertz CT molecular complexity index is 911. The highest BCUT2D eigenvalue weighted by atomic mass is 16.5. The number of carbonyl (C=O) groups is 1. The highest BCUT2D eigenvalue weighted by Crippen LogP contribution is 2.25. The van der Waals surface area contributed by atoms with Crippen LogP contribution in [-0.2, 0) is 24.2 Å². The summed E-state index contributed by atoms with van der Waals surface area (Å²) in [4.78, 5) is 16.3. The first-order chi connectivity index (χ1) is 13.8. The molecular formula is C21H23N5O2. The molecule has 1 aromatic carbocycles. The fraction of sp³-hybridized carbons (Fsp3) is 0.286. The quantitative estimate of drug-likeness (QED) is 0.691. The second kappa shape index (κ2) is 8.67. The van der Waals surface area contributed by atoms with Gasteiger partial charge < -0.3 is 15.4 Å². The minimum absolute atomic E-state index is 0.235. The minimum atomic E-state index is -0.245. The van der Waals surface area contributed by atoms with Crippen LogP contribution in [0.2, 0.25) is 0 Å². The van der Waals surface area contributed by atoms with E-state index in [0.29, 0.717) is 19.7 Å². The first kappa shape index (κ1) is 18.2. The van der Waals surface area contributed by atoms with E-state index in [2.05, 4.69) is 33.9 Å². The molecule has 0 saturated heterocycles. The highest BCUT2D eigenvalue weighted by molar-refractivity contribution is 5.73. The van der Waals surface area contributed by atoms with Gasteiger partial charge in [-0.1, -0.05) is 36.4 Å². The van der Waals surface area contributed by atoms with Gasteiger partial charge in [0.05, 0.1) is 37.6 Å². The zero-order valence-corrected chi connectivity index (χ0v) is 15.5. The van der Waals surface area contributed by atoms with Crippen LogP contribution in [0.3, 0.4) is 0 Å². The molecule has 4 rings (SSSR count). The fourth-order valence-electron chi connectivity index (χ4n) is 3.26. The van der Waals surface area contributed by atoms with Crippen molar-refractivity contribution in [3.05, 3.63) is 83.4 Å². The average Bonchev–Trinajstić information content (AvgIpc) is 3.15. The lowest BCUT2D eigenvalue weighted by Crippen LogP contribution is -2.38. The molecular weight excluding hydrogens is 354 g/mol. The largest absolute Gasteiger partial charge is 0.370 e. The SMILES string of the molecule is O=C(NCc1ccccn1)NC[C@@H]1OCCc2cn(Cc3ccccc3)nc21. The molecule has 0 unspecified atom stereocenters. The van der Waals surface area contributed by atoms with Gasteiger partial charge in [-0.25, -0.2) is 4.79 Å². The van der Waals surface area contributed by atoms with Crippen LogP contribution in [0.4, 0.5) is 4.79 Å². The van der Waals surface area contributed by atoms with E-state index in [-0.39, 0.29) is 12.1 Å². The van der Waals surface area contributed by atoms with Crippen LogP contribution in [-0.4, -0.2) is 33.9 Å². The molecule has 2 N–H and O–H groups in total. The molecule has 0 radical (unpaired) electrons. The van der Waals surface area contributed by atoms with Crippen molar-refractivity contribution in [2.75, 3.05) is 13.2 Å². The van der Waals surface area contributed by atoms with E-state index in [0.717, 1.165) is 24.4 Å². The average molecular weight is 377 g/mol. The second-order valence-electron chi connectivity index (χ2n) is 6.72. The van der Waals surface area contributed by atoms with Crippen LogP contribution in [0.1, 0.15) is 28.6 Å². The summed E-state index contributed by atoms with van der Waals surface area (Å²) in [5.41, 5.74) is 4.11. The molecule has 1 aliphatic rings. The third-order valence-corrected chi connectivity index (χ3v) is 4.66. The molecule has 0 saturated carbocycles. The first-order valence-corrected chi connectivity index (χ1v) is 9.41. The number of nitrogens with one attached hydrogen (secondary N) is 2. The molecule has 2 aromatic heterocycles. The Kier molecular flexibility index (Phi) is 5.63. The van der Waals surface area contributed by atoms with E-state index in [1.54, 1.807) is 6.20 Å². The smallest absolute Gasteiger partial charge is 0.315 e. The van der Waals surface area contributed by atoms with Gasteiger partial charge in [-0.15, -0.1) is 0 Å². The van der Waals surface area contributed by atoms with Gasteiger partial charge in [-0.05, 0) is 29.7 Å². The summed E-state index contributed by atoms with van der Waals surface area (Å²) in [6, 6.07) is 15.6. The molecule has 1 atom stereocenters. The maximum Gasteiger partial charge on any atom is 0.315 e. The van der Waals surface area contributed by atoms with E-state index in [9.17, 15) is 4.79 Å². The number of amides is 2. The summed E-state index contributed by atoms with van der Waals surface area (Å²) in [5.74, 6) is 0. The van der Waals surface area contributed by atoms with Crippen LogP contribution < -0.4 is 10.6 Å². The Hall–Kier alpha value is -3.19. The summed E-state index contributed by atoms with van der Waals surface area (Å²) in [7, 11) is 0. The Labute approximate surface area is 163 Å². The van der Waals surface area contributed by atoms with Gasteiger partial charge in [0.2, 0.25) is 0 Å². The van der Waals surface area contributed by atoms with Crippen LogP contribution >= 0.6 is 0 Å². The standard InChI is InChI=1S/C21H23N5O2/c27-21(23-12-18-8-4-5-10-22-18)24-13-19-20-17(9-11-28-19)15-26(25-20)14-16-6-2-1-3-7-16/h1-8,10,15,19H,9,11-14H2,(H2,23,24,27)/t19-/m0/s1. The molecule has 7 nitrogen and oxygen atoms in total. The van der Waals surface area contributed by atoms with Gasteiger partial charge in [0.1, 0.15) is 6.10 Å². The van der Waals surface area contributed by atoms with E-state index in [1.165, 1.54) is 11.1 Å². The van der Waals surface area contributed by atoms with Crippen molar-refractivity contribution in [1.82, 2.24) is 25.4 Å². The molecule has 7 heteroatoms. The molecule has 1 aliphatic heterocycles. The molecule has 144 valence electrons. The maximum absolute atomic E-state index is 12.1. The number of benzene rings is 1. The highest BCUT2D eigenvalue weighted by Gasteiger charge is 2.25. The predicted octanol–water partition coefficient (Wildman–Crippen LogP) is 2.44. The number of urea groups is 1. The number of hydrogen-bond acceptors (Lipinski definition) is 4. The van der Waals surface area contributed by atoms with E-state index < -0.39 is 0 Å². The second-order valence-corrected chi connectivity index (χ2v) is 6.72. The summed E-state index contributed by atoms with van der Waals surface area (Å²) >= 11 is 0. The summed E-state index contributed by atoms with van der Waals surface area (Å²) in [6.45, 7) is 2.11. The molecule has 28 heavy (non-hydrogen) atoms. The number of pyridine rings is 1. The van der Waals surface area contributed by atoms with E-state index in [4.69, 9.17) is 9.84 Å². The number of fused-ring (bicyclic) bond motifs is 1.